The second-order valence-electron chi connectivity index (χ2n) is 4.88. The summed E-state index contributed by atoms with van der Waals surface area (Å²) in [5, 5.41) is 0.462. The monoisotopic (exact) mass is 282 g/mol. The third-order valence-electron chi connectivity index (χ3n) is 3.43. The van der Waals surface area contributed by atoms with Gasteiger partial charge < -0.3 is 10.6 Å². The predicted molar refractivity (Wildman–Crippen MR) is 75.3 cm³/mol. The quantitative estimate of drug-likeness (QED) is 0.856. The normalized spacial score (nSPS) is 18.9. The van der Waals surface area contributed by atoms with Crippen molar-refractivity contribution in [2.45, 2.75) is 45.6 Å². The van der Waals surface area contributed by atoms with Gasteiger partial charge in [0.05, 0.1) is 0 Å². The smallest absolute Gasteiger partial charge is 0.240 e. The van der Waals surface area contributed by atoms with Crippen molar-refractivity contribution >= 4 is 23.3 Å². The standard InChI is InChI=1S/C13H19ClN4O/c1-3-5-10-16-11(14)8(2)13(17-10)18-7-4-6-9(18)12(15)19/h9H,3-7H2,1-2H3,(H2,15,19). The Morgan fingerprint density at radius 1 is 1.53 bits per heavy atom. The number of hydrogen-bond donors (Lipinski definition) is 1. The zero-order valence-corrected chi connectivity index (χ0v) is 12.1. The number of amides is 1. The molecule has 0 spiro atoms. The number of anilines is 1. The SMILES string of the molecule is CCCc1nc(Cl)c(C)c(N2CCCC2C(N)=O)n1. The number of rotatable bonds is 4. The van der Waals surface area contributed by atoms with Crippen LogP contribution in [0.5, 0.6) is 0 Å². The van der Waals surface area contributed by atoms with Crippen LogP contribution in [0.3, 0.4) is 0 Å². The Morgan fingerprint density at radius 2 is 2.26 bits per heavy atom. The van der Waals surface area contributed by atoms with E-state index in [0.29, 0.717) is 5.15 Å². The fourth-order valence-corrected chi connectivity index (χ4v) is 2.63. The highest BCUT2D eigenvalue weighted by Gasteiger charge is 2.31. The van der Waals surface area contributed by atoms with Gasteiger partial charge in [-0.25, -0.2) is 9.97 Å². The molecule has 0 aromatic carbocycles. The first-order valence-corrected chi connectivity index (χ1v) is 7.01. The van der Waals surface area contributed by atoms with Crippen molar-refractivity contribution in [3.8, 4) is 0 Å². The molecule has 0 saturated carbocycles. The van der Waals surface area contributed by atoms with Gasteiger partial charge in [-0.05, 0) is 26.2 Å². The highest BCUT2D eigenvalue weighted by atomic mass is 35.5. The largest absolute Gasteiger partial charge is 0.368 e. The Bertz CT molecular complexity index is 492. The topological polar surface area (TPSA) is 72.1 Å². The fourth-order valence-electron chi connectivity index (χ4n) is 2.45. The molecule has 19 heavy (non-hydrogen) atoms. The molecule has 0 bridgehead atoms. The maximum absolute atomic E-state index is 11.5. The fraction of sp³-hybridized carbons (Fsp3) is 0.615. The lowest BCUT2D eigenvalue weighted by Gasteiger charge is -2.25. The molecule has 1 aliphatic heterocycles. The maximum atomic E-state index is 11.5. The average molecular weight is 283 g/mol. The van der Waals surface area contributed by atoms with Crippen LogP contribution in [0.2, 0.25) is 5.15 Å². The summed E-state index contributed by atoms with van der Waals surface area (Å²) in [6.07, 6.45) is 3.46. The van der Waals surface area contributed by atoms with Crippen molar-refractivity contribution in [2.24, 2.45) is 5.73 Å². The molecule has 5 nitrogen and oxygen atoms in total. The Hall–Kier alpha value is -1.36. The Balaban J connectivity index is 2.40. The van der Waals surface area contributed by atoms with E-state index in [1.807, 2.05) is 11.8 Å². The minimum Gasteiger partial charge on any atom is -0.368 e. The molecule has 1 aromatic rings. The lowest BCUT2D eigenvalue weighted by Crippen LogP contribution is -2.41. The summed E-state index contributed by atoms with van der Waals surface area (Å²) in [4.78, 5) is 22.3. The third kappa shape index (κ3) is 2.81. The molecule has 2 N–H and O–H groups in total. The number of nitrogens with two attached hydrogens (primary N) is 1. The van der Waals surface area contributed by atoms with E-state index < -0.39 is 0 Å². The van der Waals surface area contributed by atoms with Gasteiger partial charge in [0.2, 0.25) is 5.91 Å². The van der Waals surface area contributed by atoms with Crippen molar-refractivity contribution < 1.29 is 4.79 Å². The van der Waals surface area contributed by atoms with Crippen LogP contribution < -0.4 is 10.6 Å². The average Bonchev–Trinajstić information content (AvgIpc) is 2.83. The lowest BCUT2D eigenvalue weighted by atomic mass is 10.2. The van der Waals surface area contributed by atoms with Crippen LogP contribution in [-0.2, 0) is 11.2 Å². The van der Waals surface area contributed by atoms with Gasteiger partial charge in [0, 0.05) is 18.5 Å². The van der Waals surface area contributed by atoms with Crippen molar-refractivity contribution in [1.29, 1.82) is 0 Å². The zero-order valence-electron chi connectivity index (χ0n) is 11.3. The van der Waals surface area contributed by atoms with Crippen molar-refractivity contribution in [1.82, 2.24) is 9.97 Å². The van der Waals surface area contributed by atoms with Crippen LogP contribution in [0.4, 0.5) is 5.82 Å². The molecule has 6 heteroatoms. The first-order chi connectivity index (χ1) is 9.04. The van der Waals surface area contributed by atoms with E-state index in [9.17, 15) is 4.79 Å². The van der Waals surface area contributed by atoms with Crippen molar-refractivity contribution in [3.63, 3.8) is 0 Å². The Kier molecular flexibility index (Phi) is 4.24. The van der Waals surface area contributed by atoms with E-state index in [4.69, 9.17) is 17.3 Å². The van der Waals surface area contributed by atoms with Gasteiger partial charge in [-0.15, -0.1) is 0 Å². The number of hydrogen-bond acceptors (Lipinski definition) is 4. The van der Waals surface area contributed by atoms with E-state index >= 15 is 0 Å². The molecule has 104 valence electrons. The Labute approximate surface area is 118 Å². The minimum atomic E-state index is -0.302. The molecule has 1 fully saturated rings. The first kappa shape index (κ1) is 14.1. The molecule has 2 rings (SSSR count). The minimum absolute atomic E-state index is 0.279. The molecule has 1 aromatic heterocycles. The van der Waals surface area contributed by atoms with Gasteiger partial charge in [0.25, 0.3) is 0 Å². The van der Waals surface area contributed by atoms with Gasteiger partial charge in [-0.3, -0.25) is 4.79 Å². The number of halogens is 1. The molecule has 1 aliphatic rings. The predicted octanol–water partition coefficient (Wildman–Crippen LogP) is 1.85. The number of aromatic nitrogens is 2. The van der Waals surface area contributed by atoms with E-state index in [1.165, 1.54) is 0 Å². The van der Waals surface area contributed by atoms with Crippen LogP contribution in [-0.4, -0.2) is 28.5 Å². The number of aryl methyl sites for hydroxylation is 1. The zero-order chi connectivity index (χ0) is 14.0. The molecule has 0 aliphatic carbocycles. The summed E-state index contributed by atoms with van der Waals surface area (Å²) in [6.45, 7) is 4.73. The van der Waals surface area contributed by atoms with E-state index in [-0.39, 0.29) is 11.9 Å². The van der Waals surface area contributed by atoms with E-state index in [2.05, 4.69) is 16.9 Å². The maximum Gasteiger partial charge on any atom is 0.240 e. The molecule has 1 saturated heterocycles. The van der Waals surface area contributed by atoms with Gasteiger partial charge in [0.1, 0.15) is 22.8 Å². The molecule has 1 atom stereocenters. The molecular formula is C13H19ClN4O. The summed E-state index contributed by atoms with van der Waals surface area (Å²) in [5.41, 5.74) is 6.27. The van der Waals surface area contributed by atoms with E-state index in [1.54, 1.807) is 0 Å². The first-order valence-electron chi connectivity index (χ1n) is 6.63. The van der Waals surface area contributed by atoms with Crippen LogP contribution in [0.1, 0.15) is 37.6 Å². The molecule has 1 unspecified atom stereocenters. The van der Waals surface area contributed by atoms with Crippen LogP contribution >= 0.6 is 11.6 Å². The number of carbonyl (C=O) groups is 1. The number of carbonyl (C=O) groups excluding carboxylic acids is 1. The third-order valence-corrected chi connectivity index (χ3v) is 3.80. The number of primary amides is 1. The van der Waals surface area contributed by atoms with Crippen molar-refractivity contribution in [2.75, 3.05) is 11.4 Å². The number of nitrogens with zero attached hydrogens (tertiary/aromatic N) is 3. The molecular weight excluding hydrogens is 264 g/mol. The highest BCUT2D eigenvalue weighted by molar-refractivity contribution is 6.30. The molecule has 0 radical (unpaired) electrons. The summed E-state index contributed by atoms with van der Waals surface area (Å²) >= 11 is 6.17. The van der Waals surface area contributed by atoms with Crippen LogP contribution in [0, 0.1) is 6.92 Å². The van der Waals surface area contributed by atoms with Gasteiger partial charge in [0.15, 0.2) is 0 Å². The summed E-state index contributed by atoms with van der Waals surface area (Å²) in [7, 11) is 0. The molecule has 2 heterocycles. The second-order valence-corrected chi connectivity index (χ2v) is 5.24. The summed E-state index contributed by atoms with van der Waals surface area (Å²) in [5.74, 6) is 1.18. The van der Waals surface area contributed by atoms with Gasteiger partial charge >= 0.3 is 0 Å². The van der Waals surface area contributed by atoms with Gasteiger partial charge in [-0.1, -0.05) is 18.5 Å². The Morgan fingerprint density at radius 3 is 2.89 bits per heavy atom. The van der Waals surface area contributed by atoms with Crippen LogP contribution in [0.15, 0.2) is 0 Å². The summed E-state index contributed by atoms with van der Waals surface area (Å²) < 4.78 is 0. The molecule has 1 amide bonds. The van der Waals surface area contributed by atoms with E-state index in [0.717, 1.165) is 49.4 Å². The van der Waals surface area contributed by atoms with Crippen molar-refractivity contribution in [3.05, 3.63) is 16.5 Å². The second kappa shape index (κ2) is 5.74. The summed E-state index contributed by atoms with van der Waals surface area (Å²) in [6, 6.07) is -0.279. The highest BCUT2D eigenvalue weighted by Crippen LogP contribution is 2.29. The van der Waals surface area contributed by atoms with Gasteiger partial charge in [-0.2, -0.15) is 0 Å². The lowest BCUT2D eigenvalue weighted by molar-refractivity contribution is -0.119. The van der Waals surface area contributed by atoms with Crippen LogP contribution in [0.25, 0.3) is 0 Å².